The van der Waals surface area contributed by atoms with Gasteiger partial charge in [0, 0.05) is 30.5 Å². The van der Waals surface area contributed by atoms with Crippen LogP contribution in [0.2, 0.25) is 15.1 Å². The topological polar surface area (TPSA) is 49.4 Å². The Morgan fingerprint density at radius 2 is 1.54 bits per heavy atom. The van der Waals surface area contributed by atoms with E-state index in [4.69, 9.17) is 34.8 Å². The van der Waals surface area contributed by atoms with Crippen LogP contribution >= 0.6 is 34.8 Å². The zero-order valence-corrected chi connectivity index (χ0v) is 22.9. The van der Waals surface area contributed by atoms with Gasteiger partial charge in [0.25, 0.3) is 0 Å². The van der Waals surface area contributed by atoms with E-state index in [2.05, 4.69) is 5.32 Å². The van der Waals surface area contributed by atoms with E-state index in [1.54, 1.807) is 17.0 Å². The molecule has 0 aromatic heterocycles. The first-order valence-corrected chi connectivity index (χ1v) is 13.8. The number of carbonyl (C=O) groups excluding carboxylic acids is 2. The number of hydrogen-bond donors (Lipinski definition) is 1. The van der Waals surface area contributed by atoms with Crippen LogP contribution in [0.15, 0.2) is 72.8 Å². The first-order chi connectivity index (χ1) is 17.9. The summed E-state index contributed by atoms with van der Waals surface area (Å²) in [6.45, 7) is 0.244. The molecule has 0 unspecified atom stereocenters. The predicted octanol–water partition coefficient (Wildman–Crippen LogP) is 7.28. The highest BCUT2D eigenvalue weighted by atomic mass is 35.5. The van der Waals surface area contributed by atoms with Crippen LogP contribution in [0.5, 0.6) is 0 Å². The van der Waals surface area contributed by atoms with Gasteiger partial charge in [0.1, 0.15) is 6.04 Å². The van der Waals surface area contributed by atoms with Gasteiger partial charge in [0.2, 0.25) is 11.8 Å². The molecular weight excluding hydrogens is 527 g/mol. The summed E-state index contributed by atoms with van der Waals surface area (Å²) in [5, 5.41) is 4.71. The third kappa shape index (κ3) is 7.73. The smallest absolute Gasteiger partial charge is 0.243 e. The van der Waals surface area contributed by atoms with Crippen molar-refractivity contribution < 1.29 is 9.59 Å². The predicted molar refractivity (Wildman–Crippen MR) is 151 cm³/mol. The molecule has 0 radical (unpaired) electrons. The molecule has 1 saturated carbocycles. The molecule has 1 N–H and O–H groups in total. The van der Waals surface area contributed by atoms with E-state index in [1.807, 2.05) is 60.7 Å². The number of carbonyl (C=O) groups is 2. The zero-order chi connectivity index (χ0) is 26.2. The van der Waals surface area contributed by atoms with Gasteiger partial charge < -0.3 is 10.2 Å². The van der Waals surface area contributed by atoms with Crippen molar-refractivity contribution in [1.82, 2.24) is 10.2 Å². The van der Waals surface area contributed by atoms with E-state index >= 15 is 0 Å². The molecule has 0 heterocycles. The third-order valence-corrected chi connectivity index (χ3v) is 7.98. The fourth-order valence-electron chi connectivity index (χ4n) is 4.84. The van der Waals surface area contributed by atoms with Crippen LogP contribution in [0, 0.1) is 0 Å². The van der Waals surface area contributed by atoms with Gasteiger partial charge in [0.15, 0.2) is 0 Å². The van der Waals surface area contributed by atoms with E-state index < -0.39 is 6.04 Å². The van der Waals surface area contributed by atoms with Crippen molar-refractivity contribution in [1.29, 1.82) is 0 Å². The fourth-order valence-corrected chi connectivity index (χ4v) is 5.39. The van der Waals surface area contributed by atoms with Crippen molar-refractivity contribution in [2.24, 2.45) is 0 Å². The molecule has 194 valence electrons. The summed E-state index contributed by atoms with van der Waals surface area (Å²) in [4.78, 5) is 29.2. The molecule has 3 aromatic carbocycles. The summed E-state index contributed by atoms with van der Waals surface area (Å²) in [7, 11) is 0. The van der Waals surface area contributed by atoms with E-state index in [1.165, 1.54) is 0 Å². The Balaban J connectivity index is 1.63. The summed E-state index contributed by atoms with van der Waals surface area (Å²) in [5.41, 5.74) is 2.71. The minimum atomic E-state index is -0.670. The quantitative estimate of drug-likeness (QED) is 0.285. The Bertz CT molecular complexity index is 1210. The molecule has 0 saturated heterocycles. The maximum absolute atomic E-state index is 13.8. The van der Waals surface area contributed by atoms with Gasteiger partial charge in [-0.2, -0.15) is 0 Å². The van der Waals surface area contributed by atoms with Crippen molar-refractivity contribution in [3.63, 3.8) is 0 Å². The molecule has 37 heavy (non-hydrogen) atoms. The number of nitrogens with zero attached hydrogens (tertiary/aromatic N) is 1. The monoisotopic (exact) mass is 556 g/mol. The van der Waals surface area contributed by atoms with Gasteiger partial charge in [-0.05, 0) is 54.2 Å². The summed E-state index contributed by atoms with van der Waals surface area (Å²) in [5.74, 6) is -0.240. The number of hydrogen-bond acceptors (Lipinski definition) is 2. The van der Waals surface area contributed by atoms with Gasteiger partial charge in [-0.25, -0.2) is 0 Å². The zero-order valence-electron chi connectivity index (χ0n) is 20.6. The molecule has 4 rings (SSSR count). The third-order valence-electron chi connectivity index (χ3n) is 6.88. The first-order valence-electron chi connectivity index (χ1n) is 12.7. The van der Waals surface area contributed by atoms with Gasteiger partial charge in [-0.3, -0.25) is 9.59 Å². The molecule has 1 fully saturated rings. The SMILES string of the molecule is O=C(NC1CCCC1)[C@H](Cc1ccccc1)N(Cc1ccc(Cl)c(Cl)c1)C(=O)CCc1ccccc1Cl. The van der Waals surface area contributed by atoms with Crippen molar-refractivity contribution in [3.05, 3.63) is 105 Å². The summed E-state index contributed by atoms with van der Waals surface area (Å²) in [6.07, 6.45) is 5.29. The maximum atomic E-state index is 13.8. The Morgan fingerprint density at radius 1 is 0.838 bits per heavy atom. The highest BCUT2D eigenvalue weighted by Crippen LogP contribution is 2.26. The van der Waals surface area contributed by atoms with Crippen LogP contribution in [-0.2, 0) is 29.0 Å². The number of benzene rings is 3. The Morgan fingerprint density at radius 3 is 2.24 bits per heavy atom. The van der Waals surface area contributed by atoms with E-state index in [0.717, 1.165) is 42.4 Å². The average molecular weight is 558 g/mol. The fraction of sp³-hybridized carbons (Fsp3) is 0.333. The lowest BCUT2D eigenvalue weighted by molar-refractivity contribution is -0.141. The van der Waals surface area contributed by atoms with Crippen LogP contribution in [-0.4, -0.2) is 28.8 Å². The second-order valence-corrected chi connectivity index (χ2v) is 10.8. The van der Waals surface area contributed by atoms with Gasteiger partial charge in [0.05, 0.1) is 10.0 Å². The van der Waals surface area contributed by atoms with Crippen molar-refractivity contribution in [2.75, 3.05) is 0 Å². The number of halogens is 3. The van der Waals surface area contributed by atoms with Gasteiger partial charge in [-0.15, -0.1) is 0 Å². The van der Waals surface area contributed by atoms with Crippen LogP contribution in [0.1, 0.15) is 48.8 Å². The minimum Gasteiger partial charge on any atom is -0.352 e. The standard InChI is InChI=1S/C30H31Cl3N2O2/c31-25-13-7-4-10-23(25)15-17-29(36)35(20-22-14-16-26(32)27(33)18-22)28(19-21-8-2-1-3-9-21)30(37)34-24-11-5-6-12-24/h1-4,7-10,13-14,16,18,24,28H,5-6,11-12,15,17,19-20H2,(H,34,37)/t28-/m0/s1. The van der Waals surface area contributed by atoms with Gasteiger partial charge >= 0.3 is 0 Å². The number of amides is 2. The van der Waals surface area contributed by atoms with Crippen LogP contribution < -0.4 is 5.32 Å². The van der Waals surface area contributed by atoms with E-state index in [9.17, 15) is 9.59 Å². The van der Waals surface area contributed by atoms with Crippen LogP contribution in [0.4, 0.5) is 0 Å². The Hall–Kier alpha value is -2.53. The van der Waals surface area contributed by atoms with Gasteiger partial charge in [-0.1, -0.05) is 102 Å². The Labute approximate surface area is 233 Å². The lowest BCUT2D eigenvalue weighted by Crippen LogP contribution is -2.52. The molecule has 0 aliphatic heterocycles. The largest absolute Gasteiger partial charge is 0.352 e. The molecule has 1 atom stereocenters. The molecule has 3 aromatic rings. The van der Waals surface area contributed by atoms with Crippen molar-refractivity contribution in [3.8, 4) is 0 Å². The summed E-state index contributed by atoms with van der Waals surface area (Å²) >= 11 is 18.8. The minimum absolute atomic E-state index is 0.117. The lowest BCUT2D eigenvalue weighted by Gasteiger charge is -2.32. The molecule has 2 amide bonds. The first kappa shape index (κ1) is 27.5. The number of aryl methyl sites for hydroxylation is 1. The second-order valence-electron chi connectivity index (χ2n) is 9.56. The summed E-state index contributed by atoms with van der Waals surface area (Å²) < 4.78 is 0. The van der Waals surface area contributed by atoms with Crippen molar-refractivity contribution in [2.45, 2.75) is 63.6 Å². The lowest BCUT2D eigenvalue weighted by atomic mass is 10.0. The Kier molecular flexibility index (Phi) is 9.90. The van der Waals surface area contributed by atoms with E-state index in [0.29, 0.717) is 27.9 Å². The van der Waals surface area contributed by atoms with Crippen molar-refractivity contribution >= 4 is 46.6 Å². The maximum Gasteiger partial charge on any atom is 0.243 e. The molecular formula is C30H31Cl3N2O2. The average Bonchev–Trinajstić information content (AvgIpc) is 3.41. The van der Waals surface area contributed by atoms with Crippen LogP contribution in [0.25, 0.3) is 0 Å². The molecule has 1 aliphatic carbocycles. The highest BCUT2D eigenvalue weighted by molar-refractivity contribution is 6.42. The van der Waals surface area contributed by atoms with Crippen LogP contribution in [0.3, 0.4) is 0 Å². The highest BCUT2D eigenvalue weighted by Gasteiger charge is 2.32. The molecule has 1 aliphatic rings. The molecule has 0 bridgehead atoms. The molecule has 7 heteroatoms. The summed E-state index contributed by atoms with van der Waals surface area (Å²) in [6, 6.07) is 22.1. The van der Waals surface area contributed by atoms with E-state index in [-0.39, 0.29) is 30.8 Å². The number of rotatable bonds is 10. The molecule has 4 nitrogen and oxygen atoms in total. The number of nitrogens with one attached hydrogen (secondary N) is 1. The molecule has 0 spiro atoms. The normalized spacial score (nSPS) is 14.4. The second kappa shape index (κ2) is 13.3.